The van der Waals surface area contributed by atoms with Crippen LogP contribution >= 0.6 is 11.6 Å². The van der Waals surface area contributed by atoms with Gasteiger partial charge in [-0.3, -0.25) is 0 Å². The molecule has 2 heterocycles. The molecule has 2 aromatic heterocycles. The minimum atomic E-state index is -1.70. The van der Waals surface area contributed by atoms with Crippen molar-refractivity contribution < 1.29 is 4.39 Å². The molecule has 0 radical (unpaired) electrons. The lowest BCUT2D eigenvalue weighted by Crippen LogP contribution is -2.32. The lowest BCUT2D eigenvalue weighted by atomic mass is 9.95. The molecule has 0 saturated heterocycles. The standard InChI is InChI=1S/C13H12ClFN6/c14-12-3-1-11(2-4-12)13(15,9-20-7-5-16-18-20)10-21-8-6-17-19-21/h1-8H,9-10H2. The highest BCUT2D eigenvalue weighted by Crippen LogP contribution is 2.30. The van der Waals surface area contributed by atoms with Crippen LogP contribution in [-0.4, -0.2) is 30.0 Å². The molecule has 0 unspecified atom stereocenters. The van der Waals surface area contributed by atoms with Gasteiger partial charge in [0.15, 0.2) is 5.67 Å². The first-order valence-electron chi connectivity index (χ1n) is 6.29. The zero-order chi connectivity index (χ0) is 14.7. The molecule has 0 saturated carbocycles. The Labute approximate surface area is 125 Å². The second-order valence-electron chi connectivity index (χ2n) is 4.67. The maximum atomic E-state index is 15.6. The third-order valence-corrected chi connectivity index (χ3v) is 3.38. The molecule has 0 aliphatic carbocycles. The van der Waals surface area contributed by atoms with E-state index in [4.69, 9.17) is 11.6 Å². The van der Waals surface area contributed by atoms with Gasteiger partial charge >= 0.3 is 0 Å². The first kappa shape index (κ1) is 13.7. The van der Waals surface area contributed by atoms with Gasteiger partial charge in [-0.15, -0.1) is 10.2 Å². The molecule has 8 heteroatoms. The second kappa shape index (κ2) is 5.61. The predicted octanol–water partition coefficient (Wildman–Crippen LogP) is 2.09. The molecule has 0 atom stereocenters. The summed E-state index contributed by atoms with van der Waals surface area (Å²) in [6.45, 7) is 0.0446. The molecule has 0 fully saturated rings. The van der Waals surface area contributed by atoms with Crippen molar-refractivity contribution >= 4 is 11.6 Å². The summed E-state index contributed by atoms with van der Waals surface area (Å²) in [6, 6.07) is 6.65. The average molecular weight is 307 g/mol. The van der Waals surface area contributed by atoms with Gasteiger partial charge in [0.25, 0.3) is 0 Å². The van der Waals surface area contributed by atoms with Crippen molar-refractivity contribution in [1.29, 1.82) is 0 Å². The number of aromatic nitrogens is 6. The monoisotopic (exact) mass is 306 g/mol. The summed E-state index contributed by atoms with van der Waals surface area (Å²) in [5.74, 6) is 0. The third kappa shape index (κ3) is 3.08. The predicted molar refractivity (Wildman–Crippen MR) is 74.3 cm³/mol. The summed E-state index contributed by atoms with van der Waals surface area (Å²) < 4.78 is 18.5. The molecule has 0 N–H and O–H groups in total. The number of benzene rings is 1. The van der Waals surface area contributed by atoms with Gasteiger partial charge in [-0.05, 0) is 17.7 Å². The highest BCUT2D eigenvalue weighted by atomic mass is 35.5. The maximum Gasteiger partial charge on any atom is 0.174 e. The van der Waals surface area contributed by atoms with E-state index in [0.29, 0.717) is 10.6 Å². The van der Waals surface area contributed by atoms with Crippen LogP contribution < -0.4 is 0 Å². The molecule has 0 aliphatic rings. The summed E-state index contributed by atoms with van der Waals surface area (Å²) in [5.41, 5.74) is -1.20. The summed E-state index contributed by atoms with van der Waals surface area (Å²) in [7, 11) is 0. The van der Waals surface area contributed by atoms with Crippen LogP contribution in [0, 0.1) is 0 Å². The molecule has 1 aromatic carbocycles. The molecule has 0 aliphatic heterocycles. The van der Waals surface area contributed by atoms with Crippen LogP contribution in [-0.2, 0) is 18.8 Å². The van der Waals surface area contributed by atoms with Gasteiger partial charge in [0.05, 0.1) is 25.5 Å². The van der Waals surface area contributed by atoms with Gasteiger partial charge in [0.1, 0.15) is 0 Å². The van der Waals surface area contributed by atoms with Gasteiger partial charge < -0.3 is 0 Å². The second-order valence-corrected chi connectivity index (χ2v) is 5.11. The van der Waals surface area contributed by atoms with E-state index in [9.17, 15) is 0 Å². The van der Waals surface area contributed by atoms with E-state index in [1.807, 2.05) is 0 Å². The fraction of sp³-hybridized carbons (Fsp3) is 0.231. The van der Waals surface area contributed by atoms with Crippen molar-refractivity contribution in [3.05, 3.63) is 59.6 Å². The van der Waals surface area contributed by atoms with Crippen LogP contribution in [0.2, 0.25) is 5.02 Å². The first-order chi connectivity index (χ1) is 10.2. The lowest BCUT2D eigenvalue weighted by Gasteiger charge is -2.25. The normalized spacial score (nSPS) is 11.7. The molecule has 0 amide bonds. The molecular weight excluding hydrogens is 295 g/mol. The van der Waals surface area contributed by atoms with E-state index in [1.165, 1.54) is 21.8 Å². The quantitative estimate of drug-likeness (QED) is 0.724. The average Bonchev–Trinajstić information content (AvgIpc) is 3.13. The Kier molecular flexibility index (Phi) is 3.66. The van der Waals surface area contributed by atoms with Crippen molar-refractivity contribution in [3.8, 4) is 0 Å². The number of hydrogen-bond donors (Lipinski definition) is 0. The molecule has 0 spiro atoms. The number of rotatable bonds is 5. The van der Waals surface area contributed by atoms with E-state index in [-0.39, 0.29) is 13.1 Å². The molecule has 6 nitrogen and oxygen atoms in total. The molecule has 21 heavy (non-hydrogen) atoms. The van der Waals surface area contributed by atoms with E-state index < -0.39 is 5.67 Å². The van der Waals surface area contributed by atoms with Gasteiger partial charge in [0.2, 0.25) is 0 Å². The van der Waals surface area contributed by atoms with E-state index in [0.717, 1.165) is 0 Å². The minimum Gasteiger partial charge on any atom is -0.249 e. The van der Waals surface area contributed by atoms with Crippen LogP contribution in [0.3, 0.4) is 0 Å². The van der Waals surface area contributed by atoms with Gasteiger partial charge in [-0.2, -0.15) is 0 Å². The molecule has 3 rings (SSSR count). The van der Waals surface area contributed by atoms with E-state index >= 15 is 4.39 Å². The van der Waals surface area contributed by atoms with E-state index in [1.54, 1.807) is 36.7 Å². The van der Waals surface area contributed by atoms with Crippen molar-refractivity contribution in [3.63, 3.8) is 0 Å². The van der Waals surface area contributed by atoms with Gasteiger partial charge in [-0.1, -0.05) is 34.2 Å². The molecule has 0 bridgehead atoms. The topological polar surface area (TPSA) is 61.4 Å². The fourth-order valence-corrected chi connectivity index (χ4v) is 2.25. The summed E-state index contributed by atoms with van der Waals surface area (Å²) in [6.07, 6.45) is 6.26. The zero-order valence-corrected chi connectivity index (χ0v) is 11.7. The highest BCUT2D eigenvalue weighted by Gasteiger charge is 2.34. The number of nitrogens with zero attached hydrogens (tertiary/aromatic N) is 6. The van der Waals surface area contributed by atoms with Crippen LogP contribution in [0.5, 0.6) is 0 Å². The third-order valence-electron chi connectivity index (χ3n) is 3.13. The van der Waals surface area contributed by atoms with Crippen LogP contribution in [0.4, 0.5) is 4.39 Å². The summed E-state index contributed by atoms with van der Waals surface area (Å²) >= 11 is 5.87. The van der Waals surface area contributed by atoms with Crippen LogP contribution in [0.25, 0.3) is 0 Å². The Morgan fingerprint density at radius 3 is 1.90 bits per heavy atom. The summed E-state index contributed by atoms with van der Waals surface area (Å²) in [5, 5.41) is 15.6. The van der Waals surface area contributed by atoms with Crippen molar-refractivity contribution in [2.45, 2.75) is 18.8 Å². The van der Waals surface area contributed by atoms with Gasteiger partial charge in [0, 0.05) is 17.4 Å². The maximum absolute atomic E-state index is 15.6. The number of alkyl halides is 1. The zero-order valence-electron chi connectivity index (χ0n) is 11.0. The highest BCUT2D eigenvalue weighted by molar-refractivity contribution is 6.30. The Bertz CT molecular complexity index is 644. The van der Waals surface area contributed by atoms with Gasteiger partial charge in [-0.25, -0.2) is 13.8 Å². The molecule has 3 aromatic rings. The fourth-order valence-electron chi connectivity index (χ4n) is 2.13. The van der Waals surface area contributed by atoms with E-state index in [2.05, 4.69) is 20.6 Å². The largest absolute Gasteiger partial charge is 0.249 e. The first-order valence-corrected chi connectivity index (χ1v) is 6.67. The Hall–Kier alpha value is -2.28. The minimum absolute atomic E-state index is 0.0223. The Balaban J connectivity index is 1.94. The molecular formula is C13H12ClFN6. The SMILES string of the molecule is FC(Cn1ccnn1)(Cn1ccnn1)c1ccc(Cl)cc1. The van der Waals surface area contributed by atoms with Crippen molar-refractivity contribution in [2.24, 2.45) is 0 Å². The Morgan fingerprint density at radius 1 is 0.952 bits per heavy atom. The van der Waals surface area contributed by atoms with Crippen LogP contribution in [0.1, 0.15) is 5.56 Å². The smallest absolute Gasteiger partial charge is 0.174 e. The van der Waals surface area contributed by atoms with Crippen molar-refractivity contribution in [1.82, 2.24) is 30.0 Å². The Morgan fingerprint density at radius 2 is 1.48 bits per heavy atom. The van der Waals surface area contributed by atoms with Crippen LogP contribution in [0.15, 0.2) is 49.1 Å². The number of halogens is 2. The molecule has 108 valence electrons. The summed E-state index contributed by atoms with van der Waals surface area (Å²) in [4.78, 5) is 0. The van der Waals surface area contributed by atoms with Crippen molar-refractivity contribution in [2.75, 3.05) is 0 Å². The number of hydrogen-bond acceptors (Lipinski definition) is 4. The lowest BCUT2D eigenvalue weighted by molar-refractivity contribution is 0.0986.